The van der Waals surface area contributed by atoms with Crippen molar-refractivity contribution >= 4 is 22.4 Å². The summed E-state index contributed by atoms with van der Waals surface area (Å²) >= 11 is 0. The Labute approximate surface area is 150 Å². The van der Waals surface area contributed by atoms with Crippen molar-refractivity contribution in [3.05, 3.63) is 54.5 Å². The number of ether oxygens (including phenoxy) is 1. The quantitative estimate of drug-likeness (QED) is 0.515. The third-order valence-electron chi connectivity index (χ3n) is 4.28. The fourth-order valence-corrected chi connectivity index (χ4v) is 2.91. The Hall–Kier alpha value is -3.32. The summed E-state index contributed by atoms with van der Waals surface area (Å²) in [6.45, 7) is 0.473. The average Bonchev–Trinajstić information content (AvgIpc) is 3.27. The Kier molecular flexibility index (Phi) is 4.06. The molecule has 0 bridgehead atoms. The van der Waals surface area contributed by atoms with E-state index in [0.717, 1.165) is 45.0 Å². The molecule has 0 aliphatic carbocycles. The first kappa shape index (κ1) is 16.2. The number of aromatic nitrogens is 4. The van der Waals surface area contributed by atoms with E-state index in [4.69, 9.17) is 10.5 Å². The smallest absolute Gasteiger partial charge is 0.142 e. The normalized spacial score (nSPS) is 11.0. The van der Waals surface area contributed by atoms with Crippen LogP contribution in [0.2, 0.25) is 0 Å². The van der Waals surface area contributed by atoms with Crippen LogP contribution < -0.4 is 15.8 Å². The van der Waals surface area contributed by atoms with Crippen molar-refractivity contribution in [3.8, 4) is 17.0 Å². The first-order valence-corrected chi connectivity index (χ1v) is 8.28. The monoisotopic (exact) mass is 348 g/mol. The Morgan fingerprint density at radius 1 is 1.23 bits per heavy atom. The predicted octanol–water partition coefficient (Wildman–Crippen LogP) is 3.17. The number of H-pyrrole nitrogens is 1. The molecule has 0 unspecified atom stereocenters. The molecule has 3 aromatic heterocycles. The largest absolute Gasteiger partial charge is 0.495 e. The summed E-state index contributed by atoms with van der Waals surface area (Å²) in [7, 11) is 3.54. The van der Waals surface area contributed by atoms with Crippen LogP contribution in [0.3, 0.4) is 0 Å². The van der Waals surface area contributed by atoms with Gasteiger partial charge in [0, 0.05) is 48.7 Å². The van der Waals surface area contributed by atoms with E-state index in [9.17, 15) is 0 Å². The highest BCUT2D eigenvalue weighted by molar-refractivity contribution is 5.87. The van der Waals surface area contributed by atoms with Crippen LogP contribution in [0.15, 0.2) is 48.9 Å². The minimum Gasteiger partial charge on any atom is -0.495 e. The Morgan fingerprint density at radius 2 is 2.12 bits per heavy atom. The van der Waals surface area contributed by atoms with Crippen LogP contribution >= 0.6 is 0 Å². The number of benzene rings is 1. The minimum absolute atomic E-state index is 0.473. The Balaban J connectivity index is 1.65. The molecule has 4 aromatic rings. The highest BCUT2D eigenvalue weighted by Gasteiger charge is 2.09. The molecule has 0 saturated carbocycles. The molecule has 3 heterocycles. The van der Waals surface area contributed by atoms with Crippen LogP contribution in [-0.2, 0) is 13.6 Å². The summed E-state index contributed by atoms with van der Waals surface area (Å²) in [6.07, 6.45) is 5.65. The molecule has 0 saturated heterocycles. The molecule has 7 heteroatoms. The van der Waals surface area contributed by atoms with Gasteiger partial charge < -0.3 is 20.8 Å². The van der Waals surface area contributed by atoms with Crippen LogP contribution in [0.1, 0.15) is 5.56 Å². The van der Waals surface area contributed by atoms with E-state index in [1.807, 2.05) is 49.9 Å². The van der Waals surface area contributed by atoms with Gasteiger partial charge in [-0.3, -0.25) is 4.68 Å². The van der Waals surface area contributed by atoms with Gasteiger partial charge in [0.1, 0.15) is 11.6 Å². The number of hydrogen-bond acceptors (Lipinski definition) is 5. The van der Waals surface area contributed by atoms with Crippen molar-refractivity contribution in [3.63, 3.8) is 0 Å². The van der Waals surface area contributed by atoms with Gasteiger partial charge in [-0.25, -0.2) is 4.98 Å². The van der Waals surface area contributed by atoms with Crippen molar-refractivity contribution < 1.29 is 4.74 Å². The molecule has 0 radical (unpaired) electrons. The second-order valence-corrected chi connectivity index (χ2v) is 6.11. The van der Waals surface area contributed by atoms with Crippen molar-refractivity contribution in [1.82, 2.24) is 19.7 Å². The standard InChI is InChI=1S/C19H20N6O/c1-25-11-14(10-22-25)16-6-13-9-21-19(7-17(13)23-16)24-15-4-3-12(8-20)5-18(15)26-2/h3-7,9-11,23H,8,20H2,1-2H3,(H,21,24). The molecule has 0 aliphatic heterocycles. The molecule has 0 fully saturated rings. The number of anilines is 2. The van der Waals surface area contributed by atoms with Gasteiger partial charge in [0.25, 0.3) is 0 Å². The zero-order chi connectivity index (χ0) is 18.1. The molecule has 1 aromatic carbocycles. The van der Waals surface area contributed by atoms with E-state index in [1.54, 1.807) is 11.8 Å². The van der Waals surface area contributed by atoms with E-state index in [1.165, 1.54) is 0 Å². The third kappa shape index (κ3) is 3.00. The molecule has 4 N–H and O–H groups in total. The number of hydrogen-bond donors (Lipinski definition) is 3. The summed E-state index contributed by atoms with van der Waals surface area (Å²) in [5.74, 6) is 1.47. The van der Waals surface area contributed by atoms with Crippen LogP contribution in [-0.4, -0.2) is 26.9 Å². The fraction of sp³-hybridized carbons (Fsp3) is 0.158. The minimum atomic E-state index is 0.473. The molecule has 0 atom stereocenters. The second kappa shape index (κ2) is 6.53. The van der Waals surface area contributed by atoms with Gasteiger partial charge in [-0.2, -0.15) is 5.10 Å². The van der Waals surface area contributed by atoms with E-state index < -0.39 is 0 Å². The fourth-order valence-electron chi connectivity index (χ4n) is 2.91. The number of aromatic amines is 1. The number of rotatable bonds is 5. The van der Waals surface area contributed by atoms with Gasteiger partial charge >= 0.3 is 0 Å². The molecule has 0 spiro atoms. The van der Waals surface area contributed by atoms with Crippen molar-refractivity contribution in [2.24, 2.45) is 12.8 Å². The first-order chi connectivity index (χ1) is 12.7. The number of fused-ring (bicyclic) bond motifs is 1. The van der Waals surface area contributed by atoms with E-state index in [2.05, 4.69) is 26.4 Å². The number of nitrogens with two attached hydrogens (primary N) is 1. The van der Waals surface area contributed by atoms with E-state index in [-0.39, 0.29) is 0 Å². The summed E-state index contributed by atoms with van der Waals surface area (Å²) in [5, 5.41) is 8.56. The molecule has 7 nitrogen and oxygen atoms in total. The molecular weight excluding hydrogens is 328 g/mol. The van der Waals surface area contributed by atoms with Crippen molar-refractivity contribution in [2.75, 3.05) is 12.4 Å². The second-order valence-electron chi connectivity index (χ2n) is 6.11. The van der Waals surface area contributed by atoms with Crippen LogP contribution in [0.25, 0.3) is 22.2 Å². The van der Waals surface area contributed by atoms with Gasteiger partial charge in [-0.1, -0.05) is 6.07 Å². The topological polar surface area (TPSA) is 93.8 Å². The lowest BCUT2D eigenvalue weighted by molar-refractivity contribution is 0.416. The lowest BCUT2D eigenvalue weighted by Crippen LogP contribution is -2.00. The first-order valence-electron chi connectivity index (χ1n) is 8.28. The summed E-state index contributed by atoms with van der Waals surface area (Å²) in [4.78, 5) is 7.92. The Bertz CT molecular complexity index is 1070. The maximum Gasteiger partial charge on any atom is 0.142 e. The number of pyridine rings is 1. The van der Waals surface area contributed by atoms with Gasteiger partial charge in [0.05, 0.1) is 24.5 Å². The molecule has 4 rings (SSSR count). The van der Waals surface area contributed by atoms with Gasteiger partial charge in [-0.15, -0.1) is 0 Å². The highest BCUT2D eigenvalue weighted by Crippen LogP contribution is 2.30. The highest BCUT2D eigenvalue weighted by atomic mass is 16.5. The number of methoxy groups -OCH3 is 1. The number of nitrogens with zero attached hydrogens (tertiary/aromatic N) is 3. The lowest BCUT2D eigenvalue weighted by Gasteiger charge is -2.12. The van der Waals surface area contributed by atoms with Crippen molar-refractivity contribution in [1.29, 1.82) is 0 Å². The van der Waals surface area contributed by atoms with Gasteiger partial charge in [0.2, 0.25) is 0 Å². The zero-order valence-corrected chi connectivity index (χ0v) is 14.7. The molecule has 132 valence electrons. The van der Waals surface area contributed by atoms with Gasteiger partial charge in [0.15, 0.2) is 0 Å². The molecule has 26 heavy (non-hydrogen) atoms. The zero-order valence-electron chi connectivity index (χ0n) is 14.7. The van der Waals surface area contributed by atoms with Crippen LogP contribution in [0.5, 0.6) is 5.75 Å². The summed E-state index contributed by atoms with van der Waals surface area (Å²) in [5.41, 5.74) is 10.6. The predicted molar refractivity (Wildman–Crippen MR) is 102 cm³/mol. The third-order valence-corrected chi connectivity index (χ3v) is 4.28. The van der Waals surface area contributed by atoms with Crippen molar-refractivity contribution in [2.45, 2.75) is 6.54 Å². The summed E-state index contributed by atoms with van der Waals surface area (Å²) in [6, 6.07) is 9.89. The van der Waals surface area contributed by atoms with E-state index >= 15 is 0 Å². The maximum absolute atomic E-state index is 5.69. The average molecular weight is 348 g/mol. The number of aryl methyl sites for hydroxylation is 1. The molecule has 0 amide bonds. The van der Waals surface area contributed by atoms with Gasteiger partial charge in [-0.05, 0) is 23.8 Å². The van der Waals surface area contributed by atoms with Crippen LogP contribution in [0.4, 0.5) is 11.5 Å². The SMILES string of the molecule is COc1cc(CN)ccc1Nc1cc2[nH]c(-c3cnn(C)c3)cc2cn1. The molecule has 0 aliphatic rings. The summed E-state index contributed by atoms with van der Waals surface area (Å²) < 4.78 is 7.23. The lowest BCUT2D eigenvalue weighted by atomic mass is 10.2. The van der Waals surface area contributed by atoms with Crippen LogP contribution in [0, 0.1) is 0 Å². The number of nitrogens with one attached hydrogen (secondary N) is 2. The van der Waals surface area contributed by atoms with E-state index in [0.29, 0.717) is 6.54 Å². The maximum atomic E-state index is 5.69. The molecular formula is C19H20N6O. The Morgan fingerprint density at radius 3 is 2.85 bits per heavy atom.